The van der Waals surface area contributed by atoms with Gasteiger partial charge < -0.3 is 14.8 Å². The van der Waals surface area contributed by atoms with Crippen LogP contribution in [0.1, 0.15) is 92.2 Å². The molecule has 0 unspecified atom stereocenters. The van der Waals surface area contributed by atoms with E-state index in [9.17, 15) is 19.2 Å². The van der Waals surface area contributed by atoms with Crippen LogP contribution < -0.4 is 10.6 Å². The molecule has 210 valence electrons. The minimum atomic E-state index is -0.622. The summed E-state index contributed by atoms with van der Waals surface area (Å²) in [7, 11) is 0. The third-order valence-electron chi connectivity index (χ3n) is 5.15. The Balaban J connectivity index is 2.09. The summed E-state index contributed by atoms with van der Waals surface area (Å²) in [6.45, 7) is 13.4. The topological polar surface area (TPSA) is 142 Å². The molecule has 1 rings (SSSR count). The molecule has 0 atom stereocenters. The van der Waals surface area contributed by atoms with Gasteiger partial charge in [0.25, 0.3) is 0 Å². The van der Waals surface area contributed by atoms with E-state index in [-0.39, 0.29) is 74.8 Å². The molecule has 0 fully saturated rings. The third-order valence-corrected chi connectivity index (χ3v) is 5.15. The highest BCUT2D eigenvalue weighted by Gasteiger charge is 2.14. The number of ether oxygens (including phenoxy) is 2. The fourth-order valence-electron chi connectivity index (χ4n) is 3.15. The van der Waals surface area contributed by atoms with Crippen molar-refractivity contribution in [3.8, 4) is 0 Å². The molecule has 0 aliphatic rings. The summed E-state index contributed by atoms with van der Waals surface area (Å²) in [6.07, 6.45) is 4.57. The Morgan fingerprint density at radius 2 is 1.65 bits per heavy atom. The molecule has 2 N–H and O–H groups in total. The number of carbonyl (C=O) groups excluding carboxylic acids is 4. The Morgan fingerprint density at radius 3 is 2.32 bits per heavy atom. The van der Waals surface area contributed by atoms with E-state index >= 15 is 0 Å². The Bertz CT molecular complexity index is 870. The first-order valence-electron chi connectivity index (χ1n) is 12.9. The second-order valence-corrected chi connectivity index (χ2v) is 11.4. The van der Waals surface area contributed by atoms with Crippen molar-refractivity contribution in [3.05, 3.63) is 11.9 Å². The van der Waals surface area contributed by atoms with Gasteiger partial charge in [0.15, 0.2) is 5.78 Å². The van der Waals surface area contributed by atoms with Gasteiger partial charge >= 0.3 is 5.97 Å². The van der Waals surface area contributed by atoms with E-state index in [0.717, 1.165) is 12.8 Å². The molecule has 0 spiro atoms. The molecule has 0 radical (unpaired) electrons. The van der Waals surface area contributed by atoms with Crippen molar-refractivity contribution in [2.24, 2.45) is 5.41 Å². The van der Waals surface area contributed by atoms with Gasteiger partial charge in [-0.2, -0.15) is 0 Å². The predicted molar refractivity (Wildman–Crippen MR) is 138 cm³/mol. The number of aromatic nitrogens is 3. The van der Waals surface area contributed by atoms with Crippen molar-refractivity contribution in [2.45, 2.75) is 105 Å². The SMILES string of the molecule is CC(C)(C)CCCC(=O)Cn1cc(COCCC(=O)CCCOC(=O)CC(=O)NCNC(C)(C)C)nn1. The normalized spacial score (nSPS) is 11.8. The lowest BCUT2D eigenvalue weighted by molar-refractivity contribution is -0.147. The molecular weight excluding hydrogens is 478 g/mol. The van der Waals surface area contributed by atoms with Crippen LogP contribution in [0.15, 0.2) is 6.20 Å². The molecule has 0 aliphatic heterocycles. The zero-order valence-corrected chi connectivity index (χ0v) is 23.4. The Morgan fingerprint density at radius 1 is 0.946 bits per heavy atom. The van der Waals surface area contributed by atoms with Crippen LogP contribution in [-0.2, 0) is 41.8 Å². The maximum absolute atomic E-state index is 12.1. The number of rotatable bonds is 18. The lowest BCUT2D eigenvalue weighted by atomic mass is 9.89. The van der Waals surface area contributed by atoms with Crippen LogP contribution in [0.25, 0.3) is 0 Å². The summed E-state index contributed by atoms with van der Waals surface area (Å²) in [5, 5.41) is 13.6. The molecule has 1 aromatic heterocycles. The standard InChI is InChI=1S/C26H45N5O6/c1-25(2,3)12-7-9-22(33)17-31-16-20(29-30-31)18-36-14-11-21(32)10-8-13-37-24(35)15-23(34)27-19-28-26(4,5)6/h16,28H,7-15,17-19H2,1-6H3,(H,27,34). The lowest BCUT2D eigenvalue weighted by Crippen LogP contribution is -2.44. The van der Waals surface area contributed by atoms with E-state index in [2.05, 4.69) is 41.7 Å². The number of nitrogens with one attached hydrogen (secondary N) is 2. The van der Waals surface area contributed by atoms with Crippen molar-refractivity contribution in [1.29, 1.82) is 0 Å². The number of hydrogen-bond acceptors (Lipinski definition) is 9. The van der Waals surface area contributed by atoms with E-state index in [1.807, 2.05) is 20.8 Å². The van der Waals surface area contributed by atoms with Crippen LogP contribution in [0.4, 0.5) is 0 Å². The van der Waals surface area contributed by atoms with Crippen LogP contribution in [0, 0.1) is 5.41 Å². The summed E-state index contributed by atoms with van der Waals surface area (Å²) in [5.41, 5.74) is 0.675. The summed E-state index contributed by atoms with van der Waals surface area (Å²) < 4.78 is 12.0. The van der Waals surface area contributed by atoms with E-state index in [0.29, 0.717) is 18.5 Å². The predicted octanol–water partition coefficient (Wildman–Crippen LogP) is 2.71. The highest BCUT2D eigenvalue weighted by molar-refractivity contribution is 5.94. The maximum Gasteiger partial charge on any atom is 0.315 e. The van der Waals surface area contributed by atoms with E-state index in [1.54, 1.807) is 6.20 Å². The average molecular weight is 524 g/mol. The molecule has 0 saturated heterocycles. The quantitative estimate of drug-likeness (QED) is 0.129. The second kappa shape index (κ2) is 16.2. The van der Waals surface area contributed by atoms with Crippen LogP contribution in [0.3, 0.4) is 0 Å². The van der Waals surface area contributed by atoms with E-state index in [1.165, 1.54) is 4.68 Å². The molecule has 0 saturated carbocycles. The molecule has 0 bridgehead atoms. The largest absolute Gasteiger partial charge is 0.465 e. The van der Waals surface area contributed by atoms with Crippen LogP contribution in [0.5, 0.6) is 0 Å². The monoisotopic (exact) mass is 523 g/mol. The molecule has 11 heteroatoms. The lowest BCUT2D eigenvalue weighted by Gasteiger charge is -2.20. The first-order valence-corrected chi connectivity index (χ1v) is 12.9. The Kier molecular flexibility index (Phi) is 14.2. The van der Waals surface area contributed by atoms with Crippen molar-refractivity contribution >= 4 is 23.4 Å². The molecule has 0 aromatic carbocycles. The van der Waals surface area contributed by atoms with Gasteiger partial charge in [-0.3, -0.25) is 24.5 Å². The summed E-state index contributed by atoms with van der Waals surface area (Å²) in [4.78, 5) is 47.5. The van der Waals surface area contributed by atoms with Gasteiger partial charge in [-0.25, -0.2) is 4.68 Å². The Labute approximate surface area is 220 Å². The number of esters is 1. The molecule has 37 heavy (non-hydrogen) atoms. The summed E-state index contributed by atoms with van der Waals surface area (Å²) in [5.74, 6) is -0.928. The fraction of sp³-hybridized carbons (Fsp3) is 0.769. The summed E-state index contributed by atoms with van der Waals surface area (Å²) >= 11 is 0. The van der Waals surface area contributed by atoms with Gasteiger partial charge in [-0.1, -0.05) is 26.0 Å². The first kappa shape index (κ1) is 32.4. The van der Waals surface area contributed by atoms with E-state index < -0.39 is 11.9 Å². The maximum atomic E-state index is 12.1. The van der Waals surface area contributed by atoms with Crippen LogP contribution in [0.2, 0.25) is 0 Å². The molecule has 1 amide bonds. The molecule has 1 aromatic rings. The molecule has 1 heterocycles. The highest BCUT2D eigenvalue weighted by atomic mass is 16.5. The first-order chi connectivity index (χ1) is 17.2. The van der Waals surface area contributed by atoms with Crippen molar-refractivity contribution in [1.82, 2.24) is 25.6 Å². The molecule has 11 nitrogen and oxygen atoms in total. The van der Waals surface area contributed by atoms with Gasteiger partial charge in [0.05, 0.1) is 32.7 Å². The fourth-order valence-corrected chi connectivity index (χ4v) is 3.15. The number of ketones is 2. The minimum Gasteiger partial charge on any atom is -0.465 e. The second-order valence-electron chi connectivity index (χ2n) is 11.4. The third kappa shape index (κ3) is 18.3. The zero-order chi connectivity index (χ0) is 27.9. The number of Topliss-reactive ketones (excluding diaryl/α,β-unsaturated/α-hetero) is 2. The van der Waals surface area contributed by atoms with Crippen molar-refractivity contribution < 1.29 is 28.7 Å². The van der Waals surface area contributed by atoms with Crippen LogP contribution >= 0.6 is 0 Å². The molecule has 0 aliphatic carbocycles. The number of nitrogens with zero attached hydrogens (tertiary/aromatic N) is 3. The van der Waals surface area contributed by atoms with Crippen molar-refractivity contribution in [3.63, 3.8) is 0 Å². The smallest absolute Gasteiger partial charge is 0.315 e. The van der Waals surface area contributed by atoms with E-state index in [4.69, 9.17) is 9.47 Å². The zero-order valence-electron chi connectivity index (χ0n) is 23.4. The average Bonchev–Trinajstić information content (AvgIpc) is 3.19. The van der Waals surface area contributed by atoms with Crippen molar-refractivity contribution in [2.75, 3.05) is 19.9 Å². The van der Waals surface area contributed by atoms with Gasteiger partial charge in [0.1, 0.15) is 24.4 Å². The number of carbonyl (C=O) groups is 4. The molecular formula is C26H45N5O6. The highest BCUT2D eigenvalue weighted by Crippen LogP contribution is 2.21. The van der Waals surface area contributed by atoms with Gasteiger partial charge in [-0.15, -0.1) is 5.10 Å². The minimum absolute atomic E-state index is 0.00782. The van der Waals surface area contributed by atoms with Crippen LogP contribution in [-0.4, -0.2) is 63.9 Å². The van der Waals surface area contributed by atoms with Gasteiger partial charge in [-0.05, 0) is 45.4 Å². The number of amides is 1. The Hall–Kier alpha value is -2.66. The summed E-state index contributed by atoms with van der Waals surface area (Å²) in [6, 6.07) is 0. The number of hydrogen-bond donors (Lipinski definition) is 2. The van der Waals surface area contributed by atoms with Gasteiger partial charge in [0, 0.05) is 24.8 Å². The van der Waals surface area contributed by atoms with Gasteiger partial charge in [0.2, 0.25) is 5.91 Å².